The number of likely N-dealkylation sites (tertiary alicyclic amines) is 1. The van der Waals surface area contributed by atoms with E-state index < -0.39 is 15.4 Å². The number of hydrogen-bond acceptors (Lipinski definition) is 3. The lowest BCUT2D eigenvalue weighted by atomic mass is 9.83. The zero-order valence-electron chi connectivity index (χ0n) is 18.1. The number of benzene rings is 2. The lowest BCUT2D eigenvalue weighted by Crippen LogP contribution is -2.34. The molecule has 31 heavy (non-hydrogen) atoms. The minimum Gasteiger partial charge on any atom is -0.362 e. The monoisotopic (exact) mass is 445 g/mol. The Morgan fingerprint density at radius 2 is 1.81 bits per heavy atom. The summed E-state index contributed by atoms with van der Waals surface area (Å²) in [5, 5.41) is 2.77. The molecule has 0 saturated carbocycles. The zero-order chi connectivity index (χ0) is 22.6. The molecule has 8 heteroatoms. The van der Waals surface area contributed by atoms with Crippen LogP contribution in [0.1, 0.15) is 45.1 Å². The van der Waals surface area contributed by atoms with Gasteiger partial charge in [0, 0.05) is 25.7 Å². The molecule has 0 radical (unpaired) electrons. The van der Waals surface area contributed by atoms with E-state index in [2.05, 4.69) is 9.71 Å². The van der Waals surface area contributed by atoms with Gasteiger partial charge in [0.25, 0.3) is 10.0 Å². The Morgan fingerprint density at radius 1 is 1.10 bits per heavy atom. The quantitative estimate of drug-likeness (QED) is 0.743. The molecule has 3 rings (SSSR count). The molecule has 0 spiro atoms. The van der Waals surface area contributed by atoms with Crippen molar-refractivity contribution in [1.29, 1.82) is 0 Å². The standard InChI is InChI=1S/C23H28FN3O3S/c1-23(2,17-11-13-18(24)14-12-17)22(28)25-19-8-7-9-20(16-19)31(29,30)26-21-10-5-4-6-15-27(21)3/h7-9,11-14,16H,4-6,10,15H2,1-3H3,(H,25,28). The molecule has 0 unspecified atom stereocenters. The van der Waals surface area contributed by atoms with E-state index in [0.29, 0.717) is 23.5 Å². The van der Waals surface area contributed by atoms with Crippen LogP contribution < -0.4 is 5.32 Å². The van der Waals surface area contributed by atoms with Crippen LogP contribution in [0.25, 0.3) is 0 Å². The normalized spacial score (nSPS) is 16.8. The van der Waals surface area contributed by atoms with Crippen LogP contribution in [0.3, 0.4) is 0 Å². The van der Waals surface area contributed by atoms with Crippen molar-refractivity contribution in [3.63, 3.8) is 0 Å². The van der Waals surface area contributed by atoms with Crippen LogP contribution in [-0.2, 0) is 20.2 Å². The molecule has 1 saturated heterocycles. The summed E-state index contributed by atoms with van der Waals surface area (Å²) in [6.45, 7) is 4.23. The third kappa shape index (κ3) is 5.50. The van der Waals surface area contributed by atoms with Gasteiger partial charge in [0.2, 0.25) is 5.91 Å². The molecule has 0 atom stereocenters. The summed E-state index contributed by atoms with van der Waals surface area (Å²) < 4.78 is 43.1. The van der Waals surface area contributed by atoms with E-state index in [1.807, 2.05) is 11.9 Å². The minimum atomic E-state index is -3.91. The Hall–Kier alpha value is -2.74. The van der Waals surface area contributed by atoms with Crippen LogP contribution in [0.15, 0.2) is 57.8 Å². The van der Waals surface area contributed by atoms with Crippen molar-refractivity contribution >= 4 is 27.5 Å². The van der Waals surface area contributed by atoms with E-state index in [1.54, 1.807) is 38.1 Å². The molecule has 0 aromatic heterocycles. The van der Waals surface area contributed by atoms with Crippen molar-refractivity contribution < 1.29 is 17.6 Å². The van der Waals surface area contributed by atoms with E-state index in [1.165, 1.54) is 24.3 Å². The predicted octanol–water partition coefficient (Wildman–Crippen LogP) is 4.34. The van der Waals surface area contributed by atoms with Gasteiger partial charge in [-0.1, -0.05) is 24.6 Å². The van der Waals surface area contributed by atoms with Crippen LogP contribution in [0.5, 0.6) is 0 Å². The maximum atomic E-state index is 13.2. The van der Waals surface area contributed by atoms with E-state index in [9.17, 15) is 17.6 Å². The smallest absolute Gasteiger partial charge is 0.284 e. The highest BCUT2D eigenvalue weighted by Crippen LogP contribution is 2.26. The number of amides is 1. The maximum absolute atomic E-state index is 13.2. The lowest BCUT2D eigenvalue weighted by molar-refractivity contribution is -0.120. The van der Waals surface area contributed by atoms with Crippen LogP contribution in [0.4, 0.5) is 10.1 Å². The highest BCUT2D eigenvalue weighted by Gasteiger charge is 2.30. The average Bonchev–Trinajstić information content (AvgIpc) is 2.92. The number of halogens is 1. The third-order valence-electron chi connectivity index (χ3n) is 5.58. The summed E-state index contributed by atoms with van der Waals surface area (Å²) in [7, 11) is -2.05. The number of sulfonamides is 1. The van der Waals surface area contributed by atoms with E-state index in [0.717, 1.165) is 25.8 Å². The zero-order valence-corrected chi connectivity index (χ0v) is 18.9. The minimum absolute atomic E-state index is 0.0232. The number of carbonyl (C=O) groups is 1. The van der Waals surface area contributed by atoms with Gasteiger partial charge in [-0.3, -0.25) is 4.79 Å². The first-order chi connectivity index (χ1) is 14.6. The number of hydrogen-bond donors (Lipinski definition) is 1. The number of rotatable bonds is 5. The van der Waals surface area contributed by atoms with E-state index in [-0.39, 0.29) is 16.6 Å². The first-order valence-corrected chi connectivity index (χ1v) is 11.8. The molecule has 166 valence electrons. The van der Waals surface area contributed by atoms with Crippen LogP contribution in [0.2, 0.25) is 0 Å². The summed E-state index contributed by atoms with van der Waals surface area (Å²) in [6, 6.07) is 11.8. The van der Waals surface area contributed by atoms with Gasteiger partial charge in [0.1, 0.15) is 11.7 Å². The highest BCUT2D eigenvalue weighted by atomic mass is 32.2. The largest absolute Gasteiger partial charge is 0.362 e. The summed E-state index contributed by atoms with van der Waals surface area (Å²) in [6.07, 6.45) is 3.60. The molecule has 0 bridgehead atoms. The fourth-order valence-corrected chi connectivity index (χ4v) is 4.59. The molecule has 6 nitrogen and oxygen atoms in total. The van der Waals surface area contributed by atoms with Crippen LogP contribution >= 0.6 is 0 Å². The van der Waals surface area contributed by atoms with Crippen molar-refractivity contribution in [3.8, 4) is 0 Å². The van der Waals surface area contributed by atoms with Crippen molar-refractivity contribution in [1.82, 2.24) is 4.90 Å². The van der Waals surface area contributed by atoms with Crippen molar-refractivity contribution in [2.45, 2.75) is 49.8 Å². The number of carbonyl (C=O) groups excluding carboxylic acids is 1. The number of amidine groups is 1. The molecule has 2 aromatic carbocycles. The summed E-state index contributed by atoms with van der Waals surface area (Å²) in [5.74, 6) is -0.147. The van der Waals surface area contributed by atoms with Gasteiger partial charge in [-0.05, 0) is 62.6 Å². The van der Waals surface area contributed by atoms with Crippen LogP contribution in [0, 0.1) is 5.82 Å². The second-order valence-electron chi connectivity index (χ2n) is 8.33. The van der Waals surface area contributed by atoms with Crippen molar-refractivity contribution in [3.05, 3.63) is 59.9 Å². The number of nitrogens with zero attached hydrogens (tertiary/aromatic N) is 2. The van der Waals surface area contributed by atoms with Crippen molar-refractivity contribution in [2.24, 2.45) is 4.40 Å². The average molecular weight is 446 g/mol. The van der Waals surface area contributed by atoms with Gasteiger partial charge in [-0.25, -0.2) is 4.39 Å². The van der Waals surface area contributed by atoms with Gasteiger partial charge in [-0.2, -0.15) is 8.42 Å². The van der Waals surface area contributed by atoms with Gasteiger partial charge < -0.3 is 10.2 Å². The second-order valence-corrected chi connectivity index (χ2v) is 9.93. The molecule has 0 aliphatic carbocycles. The first kappa shape index (κ1) is 22.9. The molecular weight excluding hydrogens is 417 g/mol. The Bertz CT molecular complexity index is 1080. The summed E-state index contributed by atoms with van der Waals surface area (Å²) >= 11 is 0. The van der Waals surface area contributed by atoms with Crippen LogP contribution in [-0.4, -0.2) is 38.7 Å². The molecule has 1 heterocycles. The summed E-state index contributed by atoms with van der Waals surface area (Å²) in [4.78, 5) is 14.8. The number of nitrogens with one attached hydrogen (secondary N) is 1. The molecular formula is C23H28FN3O3S. The van der Waals surface area contributed by atoms with Crippen molar-refractivity contribution in [2.75, 3.05) is 18.9 Å². The maximum Gasteiger partial charge on any atom is 0.284 e. The molecule has 2 aromatic rings. The predicted molar refractivity (Wildman–Crippen MR) is 120 cm³/mol. The molecule has 1 amide bonds. The molecule has 1 aliphatic rings. The van der Waals surface area contributed by atoms with E-state index in [4.69, 9.17) is 0 Å². The fraction of sp³-hybridized carbons (Fsp3) is 0.391. The Balaban J connectivity index is 1.82. The van der Waals surface area contributed by atoms with Gasteiger partial charge in [-0.15, -0.1) is 4.40 Å². The Labute approximate surface area is 183 Å². The molecule has 1 fully saturated rings. The van der Waals surface area contributed by atoms with E-state index >= 15 is 0 Å². The summed E-state index contributed by atoms with van der Waals surface area (Å²) in [5.41, 5.74) is 0.0694. The Kier molecular flexibility index (Phi) is 6.79. The SMILES string of the molecule is CN1CCCCCC1=NS(=O)(=O)c1cccc(NC(=O)C(C)(C)c2ccc(F)cc2)c1. The topological polar surface area (TPSA) is 78.8 Å². The van der Waals surface area contributed by atoms with Gasteiger partial charge in [0.15, 0.2) is 0 Å². The highest BCUT2D eigenvalue weighted by molar-refractivity contribution is 7.90. The number of anilines is 1. The lowest BCUT2D eigenvalue weighted by Gasteiger charge is -2.24. The first-order valence-electron chi connectivity index (χ1n) is 10.3. The third-order valence-corrected chi connectivity index (χ3v) is 6.88. The van der Waals surface area contributed by atoms with Gasteiger partial charge in [0.05, 0.1) is 10.3 Å². The second kappa shape index (κ2) is 9.18. The molecule has 1 aliphatic heterocycles. The molecule has 1 N–H and O–H groups in total. The Morgan fingerprint density at radius 3 is 2.52 bits per heavy atom. The fourth-order valence-electron chi connectivity index (χ4n) is 3.45. The van der Waals surface area contributed by atoms with Gasteiger partial charge >= 0.3 is 0 Å².